The fourth-order valence-electron chi connectivity index (χ4n) is 4.27. The number of hydrogen-bond acceptors (Lipinski definition) is 2. The third-order valence-electron chi connectivity index (χ3n) is 6.32. The summed E-state index contributed by atoms with van der Waals surface area (Å²) >= 11 is 0. The highest BCUT2D eigenvalue weighted by Crippen LogP contribution is 2.37. The second-order valence-corrected chi connectivity index (χ2v) is 9.22. The van der Waals surface area contributed by atoms with Crippen LogP contribution in [0, 0.1) is 33.6 Å². The molecule has 0 saturated carbocycles. The van der Waals surface area contributed by atoms with E-state index in [4.69, 9.17) is 0 Å². The van der Waals surface area contributed by atoms with Gasteiger partial charge in [0.25, 0.3) is 0 Å². The quantitative estimate of drug-likeness (QED) is 0.176. The Bertz CT molecular complexity index is 1310. The Hall–Kier alpha value is -4.48. The maximum absolute atomic E-state index is 4.00. The summed E-state index contributed by atoms with van der Waals surface area (Å²) in [5, 5.41) is 0. The standard InChI is InChI=1S/C34H36N2.C2H2/c1-6-8-9-29(7-2)35(30-16-10-26(3)11-17-30)33-22-24-34(25-23-33)36(31-18-12-27(4)13-19-31)32-20-14-28(5)15-21-32;1-2/h7-25H,6H2,1-5H3;1-2H/b9-8-,29-7+;. The molecule has 0 fully saturated rings. The van der Waals surface area contributed by atoms with Gasteiger partial charge in [-0.15, -0.1) is 12.8 Å². The second kappa shape index (κ2) is 13.7. The van der Waals surface area contributed by atoms with Crippen molar-refractivity contribution in [3.05, 3.63) is 138 Å². The predicted molar refractivity (Wildman–Crippen MR) is 167 cm³/mol. The fourth-order valence-corrected chi connectivity index (χ4v) is 4.27. The van der Waals surface area contributed by atoms with E-state index in [1.54, 1.807) is 0 Å². The van der Waals surface area contributed by atoms with Crippen LogP contribution in [-0.2, 0) is 0 Å². The normalized spacial score (nSPS) is 11.1. The summed E-state index contributed by atoms with van der Waals surface area (Å²) in [7, 11) is 0. The Morgan fingerprint density at radius 2 is 0.895 bits per heavy atom. The molecule has 0 heterocycles. The van der Waals surface area contributed by atoms with Crippen molar-refractivity contribution in [2.24, 2.45) is 0 Å². The highest BCUT2D eigenvalue weighted by Gasteiger charge is 2.16. The Morgan fingerprint density at radius 3 is 1.24 bits per heavy atom. The van der Waals surface area contributed by atoms with Crippen LogP contribution in [0.4, 0.5) is 28.4 Å². The smallest absolute Gasteiger partial charge is 0.0463 e. The first-order valence-electron chi connectivity index (χ1n) is 13.1. The first-order chi connectivity index (χ1) is 18.5. The predicted octanol–water partition coefficient (Wildman–Crippen LogP) is 10.3. The lowest BCUT2D eigenvalue weighted by molar-refractivity contribution is 1.16. The molecule has 0 aromatic heterocycles. The molecule has 0 N–H and O–H groups in total. The van der Waals surface area contributed by atoms with Crippen LogP contribution in [0.2, 0.25) is 0 Å². The van der Waals surface area contributed by atoms with Crippen LogP contribution in [0.15, 0.2) is 121 Å². The average molecular weight is 499 g/mol. The molecule has 192 valence electrons. The molecule has 38 heavy (non-hydrogen) atoms. The highest BCUT2D eigenvalue weighted by molar-refractivity contribution is 5.79. The van der Waals surface area contributed by atoms with Gasteiger partial charge in [-0.25, -0.2) is 0 Å². The summed E-state index contributed by atoms with van der Waals surface area (Å²) < 4.78 is 0. The minimum atomic E-state index is 1.00. The van der Waals surface area contributed by atoms with Crippen LogP contribution in [0.3, 0.4) is 0 Å². The molecule has 0 atom stereocenters. The van der Waals surface area contributed by atoms with E-state index in [1.807, 2.05) is 0 Å². The molecule has 4 aromatic rings. The van der Waals surface area contributed by atoms with Crippen molar-refractivity contribution in [2.45, 2.75) is 41.0 Å². The number of anilines is 5. The molecule has 4 aromatic carbocycles. The molecule has 0 unspecified atom stereocenters. The van der Waals surface area contributed by atoms with E-state index in [2.05, 4.69) is 173 Å². The molecule has 0 aliphatic heterocycles. The highest BCUT2D eigenvalue weighted by atomic mass is 15.2. The molecule has 0 radical (unpaired) electrons. The summed E-state index contributed by atoms with van der Waals surface area (Å²) in [4.78, 5) is 4.63. The van der Waals surface area contributed by atoms with Gasteiger partial charge in [0.2, 0.25) is 0 Å². The lowest BCUT2D eigenvalue weighted by Gasteiger charge is -2.29. The van der Waals surface area contributed by atoms with Gasteiger partial charge in [-0.1, -0.05) is 72.2 Å². The number of nitrogens with zero attached hydrogens (tertiary/aromatic N) is 2. The Labute approximate surface area is 229 Å². The van der Waals surface area contributed by atoms with Crippen LogP contribution in [0.1, 0.15) is 37.0 Å². The number of allylic oxidation sites excluding steroid dienone is 3. The van der Waals surface area contributed by atoms with Crippen molar-refractivity contribution < 1.29 is 0 Å². The Kier molecular flexibility index (Phi) is 10.1. The first kappa shape index (κ1) is 28.1. The molecule has 4 rings (SSSR count). The molecule has 0 spiro atoms. The summed E-state index contributed by atoms with van der Waals surface area (Å²) in [6, 6.07) is 35.0. The molecule has 0 aliphatic rings. The van der Waals surface area contributed by atoms with Crippen LogP contribution in [-0.4, -0.2) is 0 Å². The van der Waals surface area contributed by atoms with Gasteiger partial charge in [-0.2, -0.15) is 0 Å². The van der Waals surface area contributed by atoms with Gasteiger partial charge in [-0.05, 0) is 101 Å². The summed E-state index contributed by atoms with van der Waals surface area (Å²) in [5.41, 5.74) is 10.6. The molecule has 2 heteroatoms. The lowest BCUT2D eigenvalue weighted by Crippen LogP contribution is -2.15. The maximum Gasteiger partial charge on any atom is 0.0463 e. The number of rotatable bonds is 8. The molecule has 2 nitrogen and oxygen atoms in total. The third kappa shape index (κ3) is 6.84. The van der Waals surface area contributed by atoms with Crippen molar-refractivity contribution in [3.8, 4) is 12.8 Å². The van der Waals surface area contributed by atoms with Gasteiger partial charge in [0.1, 0.15) is 0 Å². The van der Waals surface area contributed by atoms with Crippen LogP contribution in [0.5, 0.6) is 0 Å². The van der Waals surface area contributed by atoms with E-state index in [-0.39, 0.29) is 0 Å². The summed E-state index contributed by atoms with van der Waals surface area (Å²) in [6.07, 6.45) is 15.6. The molecule has 0 bridgehead atoms. The lowest BCUT2D eigenvalue weighted by atomic mass is 10.1. The zero-order chi connectivity index (χ0) is 27.5. The third-order valence-corrected chi connectivity index (χ3v) is 6.32. The summed E-state index contributed by atoms with van der Waals surface area (Å²) in [5.74, 6) is 0. The molecule has 0 aliphatic carbocycles. The van der Waals surface area contributed by atoms with Gasteiger partial charge >= 0.3 is 0 Å². The van der Waals surface area contributed by atoms with Crippen LogP contribution < -0.4 is 9.80 Å². The van der Waals surface area contributed by atoms with Crippen molar-refractivity contribution >= 4 is 28.4 Å². The van der Waals surface area contributed by atoms with Gasteiger partial charge in [0.05, 0.1) is 0 Å². The molecular formula is C36H38N2. The first-order valence-corrected chi connectivity index (χ1v) is 13.1. The molecule has 0 saturated heterocycles. The molecule has 0 amide bonds. The van der Waals surface area contributed by atoms with Crippen molar-refractivity contribution in [1.82, 2.24) is 0 Å². The summed E-state index contributed by atoms with van der Waals surface area (Å²) in [6.45, 7) is 10.6. The van der Waals surface area contributed by atoms with Crippen LogP contribution in [0.25, 0.3) is 0 Å². The maximum atomic E-state index is 4.00. The van der Waals surface area contributed by atoms with Crippen molar-refractivity contribution in [1.29, 1.82) is 0 Å². The van der Waals surface area contributed by atoms with Gasteiger partial charge in [-0.3, -0.25) is 0 Å². The monoisotopic (exact) mass is 498 g/mol. The van der Waals surface area contributed by atoms with E-state index in [0.29, 0.717) is 0 Å². The largest absolute Gasteiger partial charge is 0.311 e. The zero-order valence-corrected chi connectivity index (χ0v) is 23.2. The van der Waals surface area contributed by atoms with Crippen LogP contribution >= 0.6 is 0 Å². The number of aryl methyl sites for hydroxylation is 3. The van der Waals surface area contributed by atoms with E-state index in [9.17, 15) is 0 Å². The van der Waals surface area contributed by atoms with Gasteiger partial charge in [0.15, 0.2) is 0 Å². The SMILES string of the molecule is C#C.C/C=C(\C=C/CC)N(c1ccc(C)cc1)c1ccc(N(c2ccc(C)cc2)c2ccc(C)cc2)cc1. The van der Waals surface area contributed by atoms with E-state index in [1.165, 1.54) is 16.7 Å². The van der Waals surface area contributed by atoms with E-state index < -0.39 is 0 Å². The average Bonchev–Trinajstić information content (AvgIpc) is 2.95. The van der Waals surface area contributed by atoms with E-state index >= 15 is 0 Å². The van der Waals surface area contributed by atoms with Gasteiger partial charge < -0.3 is 9.80 Å². The number of benzene rings is 4. The minimum Gasteiger partial charge on any atom is -0.311 e. The fraction of sp³-hybridized carbons (Fsp3) is 0.167. The number of terminal acetylenes is 1. The minimum absolute atomic E-state index is 1.00. The second-order valence-electron chi connectivity index (χ2n) is 9.22. The zero-order valence-electron chi connectivity index (χ0n) is 23.2. The van der Waals surface area contributed by atoms with Crippen molar-refractivity contribution in [2.75, 3.05) is 9.80 Å². The molecular weight excluding hydrogens is 460 g/mol. The Morgan fingerprint density at radius 1 is 0.579 bits per heavy atom. The Balaban J connectivity index is 0.00000195. The van der Waals surface area contributed by atoms with Crippen molar-refractivity contribution in [3.63, 3.8) is 0 Å². The topological polar surface area (TPSA) is 6.48 Å². The number of hydrogen-bond donors (Lipinski definition) is 0. The van der Waals surface area contributed by atoms with E-state index in [0.717, 1.165) is 40.6 Å². The van der Waals surface area contributed by atoms with Gasteiger partial charge in [0, 0.05) is 34.1 Å².